The third kappa shape index (κ3) is 4.69. The fourth-order valence-electron chi connectivity index (χ4n) is 2.63. The fourth-order valence-corrected chi connectivity index (χ4v) is 2.63. The summed E-state index contributed by atoms with van der Waals surface area (Å²) in [6, 6.07) is 17.8. The van der Waals surface area contributed by atoms with Crippen LogP contribution in [0.15, 0.2) is 67.3 Å². The second-order valence-corrected chi connectivity index (χ2v) is 6.18. The van der Waals surface area contributed by atoms with Crippen molar-refractivity contribution in [2.45, 2.75) is 32.5 Å². The lowest BCUT2D eigenvalue weighted by atomic mass is 10.1. The number of hydrogen-bond acceptors (Lipinski definition) is 4. The van der Waals surface area contributed by atoms with E-state index in [1.165, 1.54) is 6.33 Å². The average molecular weight is 350 g/mol. The van der Waals surface area contributed by atoms with Gasteiger partial charge in [0.05, 0.1) is 6.54 Å². The molecule has 0 aliphatic rings. The standard InChI is InChI=1S/C20H22N4O2/c1-15(12-24-14-21-13-22-24)23-20(25)16(2)26-19-10-8-18(9-11-19)17-6-4-3-5-7-17/h3-11,13-16H,12H2,1-2H3,(H,23,25). The molecule has 26 heavy (non-hydrogen) atoms. The van der Waals surface area contributed by atoms with Crippen LogP contribution in [0.3, 0.4) is 0 Å². The quantitative estimate of drug-likeness (QED) is 0.711. The first-order valence-corrected chi connectivity index (χ1v) is 8.57. The van der Waals surface area contributed by atoms with Gasteiger partial charge in [0.25, 0.3) is 5.91 Å². The number of hydrogen-bond donors (Lipinski definition) is 1. The van der Waals surface area contributed by atoms with Crippen molar-refractivity contribution in [3.63, 3.8) is 0 Å². The Balaban J connectivity index is 1.53. The van der Waals surface area contributed by atoms with Gasteiger partial charge in [-0.05, 0) is 37.1 Å². The highest BCUT2D eigenvalue weighted by atomic mass is 16.5. The van der Waals surface area contributed by atoms with Crippen LogP contribution in [0.2, 0.25) is 0 Å². The van der Waals surface area contributed by atoms with E-state index in [2.05, 4.69) is 27.5 Å². The Morgan fingerprint density at radius 1 is 1.08 bits per heavy atom. The number of amides is 1. The van der Waals surface area contributed by atoms with E-state index >= 15 is 0 Å². The molecule has 0 spiro atoms. The van der Waals surface area contributed by atoms with E-state index < -0.39 is 6.10 Å². The smallest absolute Gasteiger partial charge is 0.261 e. The molecule has 1 N–H and O–H groups in total. The van der Waals surface area contributed by atoms with Crippen molar-refractivity contribution in [2.75, 3.05) is 0 Å². The third-order valence-corrected chi connectivity index (χ3v) is 3.96. The average Bonchev–Trinajstić information content (AvgIpc) is 3.16. The zero-order valence-electron chi connectivity index (χ0n) is 14.9. The number of carbonyl (C=O) groups is 1. The van der Waals surface area contributed by atoms with E-state index in [-0.39, 0.29) is 11.9 Å². The second kappa shape index (κ2) is 8.29. The summed E-state index contributed by atoms with van der Waals surface area (Å²) in [6.07, 6.45) is 2.51. The molecule has 0 saturated carbocycles. The maximum Gasteiger partial charge on any atom is 0.261 e. The number of nitrogens with one attached hydrogen (secondary N) is 1. The molecule has 0 aliphatic carbocycles. The van der Waals surface area contributed by atoms with Gasteiger partial charge in [0, 0.05) is 6.04 Å². The summed E-state index contributed by atoms with van der Waals surface area (Å²) < 4.78 is 7.44. The number of benzene rings is 2. The Bertz CT molecular complexity index is 817. The number of ether oxygens (including phenoxy) is 1. The fraction of sp³-hybridized carbons (Fsp3) is 0.250. The maximum atomic E-state index is 12.3. The van der Waals surface area contributed by atoms with E-state index in [9.17, 15) is 4.79 Å². The molecule has 2 atom stereocenters. The molecule has 2 unspecified atom stereocenters. The molecule has 0 fully saturated rings. The normalized spacial score (nSPS) is 13.0. The SMILES string of the molecule is CC(Cn1cncn1)NC(=O)C(C)Oc1ccc(-c2ccccc2)cc1. The minimum Gasteiger partial charge on any atom is -0.481 e. The van der Waals surface area contributed by atoms with Crippen LogP contribution in [0, 0.1) is 0 Å². The molecule has 6 heteroatoms. The summed E-state index contributed by atoms with van der Waals surface area (Å²) in [5, 5.41) is 6.96. The second-order valence-electron chi connectivity index (χ2n) is 6.18. The molecular weight excluding hydrogens is 328 g/mol. The Labute approximate surface area is 152 Å². The molecule has 1 aromatic heterocycles. The van der Waals surface area contributed by atoms with Crippen LogP contribution in [0.5, 0.6) is 5.75 Å². The predicted molar refractivity (Wildman–Crippen MR) is 99.6 cm³/mol. The zero-order valence-corrected chi connectivity index (χ0v) is 14.9. The summed E-state index contributed by atoms with van der Waals surface area (Å²) in [5.41, 5.74) is 2.25. The molecule has 3 aromatic rings. The topological polar surface area (TPSA) is 69.0 Å². The van der Waals surface area contributed by atoms with Crippen molar-refractivity contribution in [3.05, 3.63) is 67.3 Å². The Morgan fingerprint density at radius 2 is 1.77 bits per heavy atom. The lowest BCUT2D eigenvalue weighted by molar-refractivity contribution is -0.128. The highest BCUT2D eigenvalue weighted by Gasteiger charge is 2.17. The van der Waals surface area contributed by atoms with Crippen LogP contribution in [-0.2, 0) is 11.3 Å². The lowest BCUT2D eigenvalue weighted by Gasteiger charge is -2.18. The van der Waals surface area contributed by atoms with Gasteiger partial charge in [0.15, 0.2) is 6.10 Å². The Kier molecular flexibility index (Phi) is 5.63. The lowest BCUT2D eigenvalue weighted by Crippen LogP contribution is -2.43. The van der Waals surface area contributed by atoms with Crippen LogP contribution < -0.4 is 10.1 Å². The number of aromatic nitrogens is 3. The van der Waals surface area contributed by atoms with Crippen LogP contribution in [0.25, 0.3) is 11.1 Å². The third-order valence-electron chi connectivity index (χ3n) is 3.96. The van der Waals surface area contributed by atoms with Gasteiger partial charge in [0.1, 0.15) is 18.4 Å². The largest absolute Gasteiger partial charge is 0.481 e. The van der Waals surface area contributed by atoms with Gasteiger partial charge in [-0.25, -0.2) is 4.98 Å². The molecule has 0 bridgehead atoms. The summed E-state index contributed by atoms with van der Waals surface area (Å²) in [5.74, 6) is 0.501. The molecule has 0 aliphatic heterocycles. The summed E-state index contributed by atoms with van der Waals surface area (Å²) >= 11 is 0. The van der Waals surface area contributed by atoms with Gasteiger partial charge in [-0.15, -0.1) is 0 Å². The van der Waals surface area contributed by atoms with Gasteiger partial charge in [-0.3, -0.25) is 9.48 Å². The first-order valence-electron chi connectivity index (χ1n) is 8.57. The molecule has 3 rings (SSSR count). The van der Waals surface area contributed by atoms with Crippen LogP contribution in [0.4, 0.5) is 0 Å². The van der Waals surface area contributed by atoms with Crippen LogP contribution in [0.1, 0.15) is 13.8 Å². The van der Waals surface area contributed by atoms with Gasteiger partial charge in [-0.1, -0.05) is 42.5 Å². The predicted octanol–water partition coefficient (Wildman–Crippen LogP) is 2.92. The minimum atomic E-state index is -0.587. The summed E-state index contributed by atoms with van der Waals surface area (Å²) in [7, 11) is 0. The molecule has 0 saturated heterocycles. The monoisotopic (exact) mass is 350 g/mol. The maximum absolute atomic E-state index is 12.3. The molecule has 1 heterocycles. The van der Waals surface area contributed by atoms with Crippen molar-refractivity contribution < 1.29 is 9.53 Å². The Hall–Kier alpha value is -3.15. The summed E-state index contributed by atoms with van der Waals surface area (Å²) in [4.78, 5) is 16.2. The molecule has 6 nitrogen and oxygen atoms in total. The van der Waals surface area contributed by atoms with E-state index in [0.29, 0.717) is 12.3 Å². The van der Waals surface area contributed by atoms with Crippen molar-refractivity contribution in [1.29, 1.82) is 0 Å². The van der Waals surface area contributed by atoms with E-state index in [1.54, 1.807) is 17.9 Å². The zero-order chi connectivity index (χ0) is 18.4. The minimum absolute atomic E-state index is 0.0734. The number of rotatable bonds is 7. The first-order chi connectivity index (χ1) is 12.6. The number of carbonyl (C=O) groups excluding carboxylic acids is 1. The van der Waals surface area contributed by atoms with Crippen molar-refractivity contribution in [2.24, 2.45) is 0 Å². The number of nitrogens with zero attached hydrogens (tertiary/aromatic N) is 3. The van der Waals surface area contributed by atoms with Gasteiger partial charge >= 0.3 is 0 Å². The molecule has 2 aromatic carbocycles. The van der Waals surface area contributed by atoms with Crippen molar-refractivity contribution in [3.8, 4) is 16.9 Å². The highest BCUT2D eigenvalue weighted by molar-refractivity contribution is 5.81. The molecule has 1 amide bonds. The van der Waals surface area contributed by atoms with Crippen molar-refractivity contribution in [1.82, 2.24) is 20.1 Å². The van der Waals surface area contributed by atoms with Crippen LogP contribution >= 0.6 is 0 Å². The van der Waals surface area contributed by atoms with Crippen LogP contribution in [-0.4, -0.2) is 32.8 Å². The summed E-state index contributed by atoms with van der Waals surface area (Å²) in [6.45, 7) is 4.22. The molecular formula is C20H22N4O2. The Morgan fingerprint density at radius 3 is 2.42 bits per heavy atom. The first kappa shape index (κ1) is 17.7. The van der Waals surface area contributed by atoms with E-state index in [0.717, 1.165) is 11.1 Å². The highest BCUT2D eigenvalue weighted by Crippen LogP contribution is 2.22. The van der Waals surface area contributed by atoms with Gasteiger partial charge < -0.3 is 10.1 Å². The van der Waals surface area contributed by atoms with Gasteiger partial charge in [-0.2, -0.15) is 5.10 Å². The van der Waals surface area contributed by atoms with E-state index in [1.807, 2.05) is 49.4 Å². The van der Waals surface area contributed by atoms with E-state index in [4.69, 9.17) is 4.74 Å². The molecule has 0 radical (unpaired) electrons. The molecule has 134 valence electrons. The van der Waals surface area contributed by atoms with Crippen molar-refractivity contribution >= 4 is 5.91 Å². The van der Waals surface area contributed by atoms with Gasteiger partial charge in [0.2, 0.25) is 0 Å².